The van der Waals surface area contributed by atoms with Crippen LogP contribution >= 0.6 is 40.5 Å². The van der Waals surface area contributed by atoms with Gasteiger partial charge in [0.25, 0.3) is 0 Å². The Morgan fingerprint density at radius 3 is 2.45 bits per heavy atom. The zero-order chi connectivity index (χ0) is 26.9. The molecule has 3 aromatic rings. The summed E-state index contributed by atoms with van der Waals surface area (Å²) in [4.78, 5) is 7.95. The first-order valence-corrected chi connectivity index (χ1v) is 14.1. The third-order valence-electron chi connectivity index (χ3n) is 9.63. The van der Waals surface area contributed by atoms with Crippen LogP contribution in [0.2, 0.25) is 0 Å². The lowest BCUT2D eigenvalue weighted by molar-refractivity contribution is -0.212. The van der Waals surface area contributed by atoms with Gasteiger partial charge in [0.2, 0.25) is 0 Å². The number of aromatic nitrogens is 1. The van der Waals surface area contributed by atoms with Crippen molar-refractivity contribution in [1.29, 1.82) is 5.26 Å². The molecule has 2 aromatic carbocycles. The predicted octanol–water partition coefficient (Wildman–Crippen LogP) is 6.38. The summed E-state index contributed by atoms with van der Waals surface area (Å²) in [6, 6.07) is 12.6. The van der Waals surface area contributed by atoms with Crippen molar-refractivity contribution in [3.63, 3.8) is 0 Å². The molecule has 8 rings (SSSR count). The summed E-state index contributed by atoms with van der Waals surface area (Å²) in [5, 5.41) is 10.8. The second kappa shape index (κ2) is 12.2. The van der Waals surface area contributed by atoms with Gasteiger partial charge in [-0.3, -0.25) is 14.2 Å². The molecule has 0 unspecified atom stereocenters. The smallest absolute Gasteiger partial charge is 0.135 e. The molecule has 2 aliphatic heterocycles. The van der Waals surface area contributed by atoms with Gasteiger partial charge in [-0.2, -0.15) is 45.7 Å². The Morgan fingerprint density at radius 1 is 1.10 bits per heavy atom. The number of ether oxygens (including phenoxy) is 1. The van der Waals surface area contributed by atoms with Crippen LogP contribution in [0.4, 0.5) is 13.2 Å². The zero-order valence-electron chi connectivity index (χ0n) is 23.7. The van der Waals surface area contributed by atoms with Crippen LogP contribution in [0.1, 0.15) is 61.9 Å². The van der Waals surface area contributed by atoms with E-state index in [2.05, 4.69) is 33.8 Å². The summed E-state index contributed by atoms with van der Waals surface area (Å²) >= 11 is 0. The van der Waals surface area contributed by atoms with Crippen LogP contribution in [0.25, 0.3) is 10.9 Å². The average Bonchev–Trinajstić information content (AvgIpc) is 3.46. The SMILES string of the molecule is C[C@H]1Cc2c([nH]c3ccccc23)[C@H](c2c(F)cc(O[C@H]3CCN(CCCF)C3)cc2F)N1C12CC(C#N)(C1)C2.S.S.S. The lowest BCUT2D eigenvalue weighted by Gasteiger charge is -2.73. The van der Waals surface area contributed by atoms with Crippen LogP contribution in [0.15, 0.2) is 36.4 Å². The molecule has 42 heavy (non-hydrogen) atoms. The largest absolute Gasteiger partial charge is 0.489 e. The van der Waals surface area contributed by atoms with E-state index < -0.39 is 17.7 Å². The molecular weight excluding hydrogens is 598 g/mol. The highest BCUT2D eigenvalue weighted by Gasteiger charge is 2.72. The standard InChI is InChI=1S/C31H33F3N4O.3H2S/c1-19-11-23-22-5-2-3-6-26(22)36-28(23)29(38(19)31-15-30(16-31,17-31)18-35)27-24(33)12-21(13-25(27)34)39-20-7-10-37(14-20)9-4-8-32;;;/h2-3,5-6,12-13,19-20,29,36H,4,7-11,14-17H2,1H3;3*1H2/t19-,20-,29-,30?,31?;;;/m0.../s1. The van der Waals surface area contributed by atoms with Crippen molar-refractivity contribution in [2.24, 2.45) is 5.41 Å². The van der Waals surface area contributed by atoms with Crippen molar-refractivity contribution in [3.8, 4) is 11.8 Å². The van der Waals surface area contributed by atoms with Gasteiger partial charge >= 0.3 is 0 Å². The van der Waals surface area contributed by atoms with Crippen LogP contribution in [0, 0.1) is 28.4 Å². The number of hydrogen-bond acceptors (Lipinski definition) is 4. The molecule has 3 heterocycles. The highest BCUT2D eigenvalue weighted by atomic mass is 32.1. The minimum Gasteiger partial charge on any atom is -0.489 e. The quantitative estimate of drug-likeness (QED) is 0.327. The van der Waals surface area contributed by atoms with Gasteiger partial charge in [0.15, 0.2) is 0 Å². The number of fused-ring (bicyclic) bond motifs is 3. The number of halogens is 3. The number of alkyl halides is 1. The molecule has 1 saturated heterocycles. The predicted molar refractivity (Wildman–Crippen MR) is 173 cm³/mol. The van der Waals surface area contributed by atoms with E-state index in [9.17, 15) is 9.65 Å². The summed E-state index contributed by atoms with van der Waals surface area (Å²) in [6.45, 7) is 3.86. The molecule has 4 fully saturated rings. The van der Waals surface area contributed by atoms with Crippen molar-refractivity contribution in [3.05, 3.63) is 64.9 Å². The molecule has 0 radical (unpaired) electrons. The summed E-state index contributed by atoms with van der Waals surface area (Å²) < 4.78 is 50.7. The van der Waals surface area contributed by atoms with E-state index >= 15 is 8.78 Å². The van der Waals surface area contributed by atoms with Gasteiger partial charge in [-0.15, -0.1) is 0 Å². The first-order valence-electron chi connectivity index (χ1n) is 14.1. The first kappa shape index (κ1) is 32.9. The number of likely N-dealkylation sites (tertiary alicyclic amines) is 1. The van der Waals surface area contributed by atoms with Gasteiger partial charge in [0.05, 0.1) is 24.2 Å². The third-order valence-corrected chi connectivity index (χ3v) is 9.63. The van der Waals surface area contributed by atoms with Crippen LogP contribution in [0.3, 0.4) is 0 Å². The van der Waals surface area contributed by atoms with Crippen LogP contribution in [-0.2, 0) is 6.42 Å². The summed E-state index contributed by atoms with van der Waals surface area (Å²) in [6.07, 6.45) is 4.07. The second-order valence-corrected chi connectivity index (χ2v) is 12.2. The fourth-order valence-electron chi connectivity index (χ4n) is 8.08. The lowest BCUT2D eigenvalue weighted by atomic mass is 9.39. The molecule has 3 atom stereocenters. The molecule has 3 aliphatic carbocycles. The molecule has 5 nitrogen and oxygen atoms in total. The fraction of sp³-hybridized carbons (Fsp3) is 0.516. The number of nitriles is 1. The molecule has 2 bridgehead atoms. The van der Waals surface area contributed by atoms with E-state index in [4.69, 9.17) is 4.74 Å². The van der Waals surface area contributed by atoms with Crippen LogP contribution in [-0.4, -0.2) is 58.8 Å². The molecule has 3 saturated carbocycles. The lowest BCUT2D eigenvalue weighted by Crippen LogP contribution is -2.76. The molecule has 228 valence electrons. The number of nitrogens with one attached hydrogen (secondary N) is 1. The summed E-state index contributed by atoms with van der Waals surface area (Å²) in [5.41, 5.74) is 2.46. The van der Waals surface area contributed by atoms with Crippen molar-refractivity contribution in [2.45, 2.75) is 69.2 Å². The number of rotatable bonds is 7. The second-order valence-electron chi connectivity index (χ2n) is 12.2. The Labute approximate surface area is 266 Å². The van der Waals surface area contributed by atoms with E-state index in [0.29, 0.717) is 19.5 Å². The Morgan fingerprint density at radius 2 is 1.79 bits per heavy atom. The molecule has 0 amide bonds. The van der Waals surface area contributed by atoms with Gasteiger partial charge in [-0.25, -0.2) is 8.78 Å². The van der Waals surface area contributed by atoms with Gasteiger partial charge in [0.1, 0.15) is 23.5 Å². The molecule has 0 spiro atoms. The Bertz CT molecular complexity index is 1450. The summed E-state index contributed by atoms with van der Waals surface area (Å²) in [5.74, 6) is -1.05. The van der Waals surface area contributed by atoms with E-state index in [1.54, 1.807) is 0 Å². The van der Waals surface area contributed by atoms with Crippen molar-refractivity contribution >= 4 is 51.4 Å². The third kappa shape index (κ3) is 5.11. The van der Waals surface area contributed by atoms with Crippen LogP contribution < -0.4 is 4.74 Å². The molecular formula is C31H39F3N4OS3. The number of nitrogens with zero attached hydrogens (tertiary/aromatic N) is 3. The normalized spacial score (nSPS) is 29.6. The van der Waals surface area contributed by atoms with Crippen molar-refractivity contribution in [2.75, 3.05) is 26.3 Å². The van der Waals surface area contributed by atoms with E-state index in [-0.39, 0.29) is 81.6 Å². The van der Waals surface area contributed by atoms with Crippen LogP contribution in [0.5, 0.6) is 5.75 Å². The maximum Gasteiger partial charge on any atom is 0.135 e. The van der Waals surface area contributed by atoms with Gasteiger partial charge in [-0.05, 0) is 57.1 Å². The maximum atomic E-state index is 16.1. The minimum absolute atomic E-state index is 0. The van der Waals surface area contributed by atoms with E-state index in [1.807, 2.05) is 18.2 Å². The Balaban J connectivity index is 0.00000135. The number of hydrogen-bond donors (Lipinski definition) is 1. The molecule has 5 aliphatic rings. The van der Waals surface area contributed by atoms with Crippen molar-refractivity contribution < 1.29 is 17.9 Å². The van der Waals surface area contributed by atoms with Gasteiger partial charge < -0.3 is 9.72 Å². The average molecular weight is 637 g/mol. The monoisotopic (exact) mass is 636 g/mol. The summed E-state index contributed by atoms with van der Waals surface area (Å²) in [7, 11) is 0. The molecule has 1 aromatic heterocycles. The molecule has 11 heteroatoms. The maximum absolute atomic E-state index is 16.1. The van der Waals surface area contributed by atoms with Gasteiger partial charge in [0, 0.05) is 65.5 Å². The zero-order valence-corrected chi connectivity index (χ0v) is 26.7. The van der Waals surface area contributed by atoms with Gasteiger partial charge in [-0.1, -0.05) is 18.2 Å². The number of aromatic amines is 1. The topological polar surface area (TPSA) is 55.3 Å². The Kier molecular flexibility index (Phi) is 9.56. The number of H-pyrrole nitrogens is 1. The van der Waals surface area contributed by atoms with E-state index in [1.165, 1.54) is 12.1 Å². The number of benzene rings is 2. The highest BCUT2D eigenvalue weighted by molar-refractivity contribution is 7.59. The minimum atomic E-state index is -0.620. The Hall–Kier alpha value is -1.97. The fourth-order valence-corrected chi connectivity index (χ4v) is 8.08. The molecule has 1 N–H and O–H groups in total. The highest BCUT2D eigenvalue weighted by Crippen LogP contribution is 2.72. The number of para-hydroxylation sites is 1. The van der Waals surface area contributed by atoms with Crippen molar-refractivity contribution in [1.82, 2.24) is 14.8 Å². The van der Waals surface area contributed by atoms with E-state index in [0.717, 1.165) is 60.8 Å². The first-order chi connectivity index (χ1) is 18.9.